The lowest BCUT2D eigenvalue weighted by atomic mass is 9.87. The van der Waals surface area contributed by atoms with Gasteiger partial charge in [-0.05, 0) is 23.3 Å². The summed E-state index contributed by atoms with van der Waals surface area (Å²) in [4.78, 5) is 16.6. The van der Waals surface area contributed by atoms with Gasteiger partial charge in [-0.2, -0.15) is 0 Å². The van der Waals surface area contributed by atoms with Crippen LogP contribution in [0.5, 0.6) is 0 Å². The van der Waals surface area contributed by atoms with Gasteiger partial charge in [0.2, 0.25) is 0 Å². The Morgan fingerprint density at radius 3 is 1.75 bits per heavy atom. The molecular formula is C24H22N2O2. The SMILES string of the molecule is O=C1OC2(CN1c1ccccc1)CN(C(c1ccccc1)c1ccccc1)C2. The van der Waals surface area contributed by atoms with Crippen LogP contribution in [-0.2, 0) is 4.74 Å². The van der Waals surface area contributed by atoms with E-state index in [4.69, 9.17) is 4.74 Å². The maximum atomic E-state index is 12.5. The van der Waals surface area contributed by atoms with Crippen LogP contribution in [0.1, 0.15) is 17.2 Å². The van der Waals surface area contributed by atoms with Gasteiger partial charge in [-0.3, -0.25) is 9.80 Å². The van der Waals surface area contributed by atoms with Gasteiger partial charge in [0.25, 0.3) is 0 Å². The fourth-order valence-corrected chi connectivity index (χ4v) is 4.36. The summed E-state index contributed by atoms with van der Waals surface area (Å²) in [5, 5.41) is 0. The maximum absolute atomic E-state index is 12.5. The van der Waals surface area contributed by atoms with Gasteiger partial charge in [-0.25, -0.2) is 4.79 Å². The minimum atomic E-state index is -0.422. The van der Waals surface area contributed by atoms with Gasteiger partial charge in [0.1, 0.15) is 0 Å². The molecule has 28 heavy (non-hydrogen) atoms. The molecule has 0 atom stereocenters. The molecule has 1 amide bonds. The molecule has 0 N–H and O–H groups in total. The van der Waals surface area contributed by atoms with Crippen molar-refractivity contribution in [3.05, 3.63) is 102 Å². The molecule has 0 aliphatic carbocycles. The first-order valence-electron chi connectivity index (χ1n) is 9.64. The van der Waals surface area contributed by atoms with Gasteiger partial charge in [-0.15, -0.1) is 0 Å². The first kappa shape index (κ1) is 17.0. The van der Waals surface area contributed by atoms with E-state index in [0.717, 1.165) is 18.8 Å². The Hall–Kier alpha value is -3.11. The first-order valence-corrected chi connectivity index (χ1v) is 9.64. The van der Waals surface area contributed by atoms with Crippen LogP contribution in [0.3, 0.4) is 0 Å². The molecule has 0 radical (unpaired) electrons. The van der Waals surface area contributed by atoms with E-state index in [1.807, 2.05) is 42.5 Å². The van der Waals surface area contributed by atoms with Crippen molar-refractivity contribution in [3.63, 3.8) is 0 Å². The van der Waals surface area contributed by atoms with Crippen molar-refractivity contribution >= 4 is 11.8 Å². The number of carbonyl (C=O) groups excluding carboxylic acids is 1. The van der Waals surface area contributed by atoms with E-state index in [1.54, 1.807) is 4.90 Å². The molecule has 0 unspecified atom stereocenters. The van der Waals surface area contributed by atoms with Crippen molar-refractivity contribution in [1.82, 2.24) is 4.90 Å². The van der Waals surface area contributed by atoms with Crippen molar-refractivity contribution in [1.29, 1.82) is 0 Å². The summed E-state index contributed by atoms with van der Waals surface area (Å²) >= 11 is 0. The third-order valence-corrected chi connectivity index (χ3v) is 5.62. The zero-order chi connectivity index (χ0) is 19.0. The van der Waals surface area contributed by atoms with Crippen molar-refractivity contribution in [2.45, 2.75) is 11.6 Å². The number of nitrogens with zero attached hydrogens (tertiary/aromatic N) is 2. The minimum absolute atomic E-state index is 0.164. The number of likely N-dealkylation sites (tertiary alicyclic amines) is 1. The van der Waals surface area contributed by atoms with Crippen LogP contribution in [-0.4, -0.2) is 36.2 Å². The molecule has 0 aromatic heterocycles. The number of anilines is 1. The molecule has 2 heterocycles. The van der Waals surface area contributed by atoms with E-state index >= 15 is 0 Å². The van der Waals surface area contributed by atoms with Gasteiger partial charge >= 0.3 is 6.09 Å². The number of rotatable bonds is 4. The average molecular weight is 370 g/mol. The molecule has 4 nitrogen and oxygen atoms in total. The van der Waals surface area contributed by atoms with Gasteiger partial charge in [0, 0.05) is 18.8 Å². The second-order valence-electron chi connectivity index (χ2n) is 7.60. The number of amides is 1. The largest absolute Gasteiger partial charge is 0.438 e. The quantitative estimate of drug-likeness (QED) is 0.678. The fourth-order valence-electron chi connectivity index (χ4n) is 4.36. The Labute approximate surface area is 165 Å². The Kier molecular flexibility index (Phi) is 4.14. The summed E-state index contributed by atoms with van der Waals surface area (Å²) in [6.07, 6.45) is -0.248. The molecule has 2 fully saturated rings. The van der Waals surface area contributed by atoms with Crippen LogP contribution >= 0.6 is 0 Å². The van der Waals surface area contributed by atoms with E-state index in [2.05, 4.69) is 53.4 Å². The van der Waals surface area contributed by atoms with E-state index in [0.29, 0.717) is 6.54 Å². The van der Waals surface area contributed by atoms with Crippen molar-refractivity contribution in [3.8, 4) is 0 Å². The topological polar surface area (TPSA) is 32.8 Å². The first-order chi connectivity index (χ1) is 13.7. The Balaban J connectivity index is 1.38. The second kappa shape index (κ2) is 6.80. The lowest BCUT2D eigenvalue weighted by Gasteiger charge is -2.49. The van der Waals surface area contributed by atoms with Crippen molar-refractivity contribution < 1.29 is 9.53 Å². The van der Waals surface area contributed by atoms with Crippen LogP contribution in [0, 0.1) is 0 Å². The number of para-hydroxylation sites is 1. The number of hydrogen-bond acceptors (Lipinski definition) is 3. The number of benzene rings is 3. The van der Waals surface area contributed by atoms with Crippen LogP contribution in [0.2, 0.25) is 0 Å². The third-order valence-electron chi connectivity index (χ3n) is 5.62. The molecule has 2 saturated heterocycles. The number of hydrogen-bond donors (Lipinski definition) is 0. The molecule has 2 aliphatic rings. The van der Waals surface area contributed by atoms with E-state index in [-0.39, 0.29) is 12.1 Å². The minimum Gasteiger partial charge on any atom is -0.438 e. The van der Waals surface area contributed by atoms with Crippen LogP contribution in [0.15, 0.2) is 91.0 Å². The predicted molar refractivity (Wildman–Crippen MR) is 109 cm³/mol. The molecule has 1 spiro atoms. The molecule has 4 heteroatoms. The molecule has 3 aromatic rings. The Morgan fingerprint density at radius 2 is 1.21 bits per heavy atom. The number of ether oxygens (including phenoxy) is 1. The summed E-state index contributed by atoms with van der Waals surface area (Å²) in [6, 6.07) is 31.0. The highest BCUT2D eigenvalue weighted by atomic mass is 16.6. The summed E-state index contributed by atoms with van der Waals surface area (Å²) in [7, 11) is 0. The monoisotopic (exact) mass is 370 g/mol. The molecule has 5 rings (SSSR count). The van der Waals surface area contributed by atoms with Crippen LogP contribution in [0.25, 0.3) is 0 Å². The van der Waals surface area contributed by atoms with Crippen molar-refractivity contribution in [2.75, 3.05) is 24.5 Å². The fraction of sp³-hybridized carbons (Fsp3) is 0.208. The lowest BCUT2D eigenvalue weighted by Crippen LogP contribution is -2.64. The lowest BCUT2D eigenvalue weighted by molar-refractivity contribution is -0.0857. The molecule has 0 bridgehead atoms. The normalized spacial score (nSPS) is 18.3. The maximum Gasteiger partial charge on any atom is 0.415 e. The van der Waals surface area contributed by atoms with E-state index in [9.17, 15) is 4.79 Å². The zero-order valence-corrected chi connectivity index (χ0v) is 15.6. The Bertz CT molecular complexity index is 914. The smallest absolute Gasteiger partial charge is 0.415 e. The third kappa shape index (κ3) is 2.96. The van der Waals surface area contributed by atoms with E-state index < -0.39 is 5.60 Å². The highest BCUT2D eigenvalue weighted by Gasteiger charge is 2.55. The molecule has 140 valence electrons. The van der Waals surface area contributed by atoms with Gasteiger partial charge < -0.3 is 4.74 Å². The Morgan fingerprint density at radius 1 is 0.714 bits per heavy atom. The summed E-state index contributed by atoms with van der Waals surface area (Å²) in [5.41, 5.74) is 2.99. The number of carbonyl (C=O) groups is 1. The summed E-state index contributed by atoms with van der Waals surface area (Å²) < 4.78 is 5.85. The zero-order valence-electron chi connectivity index (χ0n) is 15.6. The summed E-state index contributed by atoms with van der Waals surface area (Å²) in [6.45, 7) is 2.07. The van der Waals surface area contributed by atoms with Crippen LogP contribution < -0.4 is 4.90 Å². The second-order valence-corrected chi connectivity index (χ2v) is 7.60. The molecule has 2 aliphatic heterocycles. The van der Waals surface area contributed by atoms with Gasteiger partial charge in [0.05, 0.1) is 12.6 Å². The van der Waals surface area contributed by atoms with E-state index in [1.165, 1.54) is 11.1 Å². The van der Waals surface area contributed by atoms with Gasteiger partial charge in [0.15, 0.2) is 5.60 Å². The predicted octanol–water partition coefficient (Wildman–Crippen LogP) is 4.49. The summed E-state index contributed by atoms with van der Waals surface area (Å²) in [5.74, 6) is 0. The molecule has 3 aromatic carbocycles. The standard InChI is InChI=1S/C24H22N2O2/c27-23-26(21-14-8-3-9-15-21)18-24(28-23)16-25(17-24)22(19-10-4-1-5-11-19)20-12-6-2-7-13-20/h1-15,22H,16-18H2. The van der Waals surface area contributed by atoms with Crippen molar-refractivity contribution in [2.24, 2.45) is 0 Å². The average Bonchev–Trinajstić information content (AvgIpc) is 3.08. The highest BCUT2D eigenvalue weighted by Crippen LogP contribution is 2.41. The van der Waals surface area contributed by atoms with Gasteiger partial charge in [-0.1, -0.05) is 78.9 Å². The molecular weight excluding hydrogens is 348 g/mol. The molecule has 0 saturated carbocycles. The van der Waals surface area contributed by atoms with Crippen LogP contribution in [0.4, 0.5) is 10.5 Å². The highest BCUT2D eigenvalue weighted by molar-refractivity contribution is 5.90.